The molecule has 4 nitrogen and oxygen atoms in total. The van der Waals surface area contributed by atoms with E-state index in [1.165, 1.54) is 25.9 Å². The first kappa shape index (κ1) is 10.7. The molecule has 2 fully saturated rings. The van der Waals surface area contributed by atoms with Crippen molar-refractivity contribution < 1.29 is 0 Å². The first-order valence-corrected chi connectivity index (χ1v) is 6.85. The Balaban J connectivity index is 1.62. The van der Waals surface area contributed by atoms with Gasteiger partial charge in [0.2, 0.25) is 0 Å². The van der Waals surface area contributed by atoms with Gasteiger partial charge in [-0.15, -0.1) is 10.2 Å². The maximum Gasteiger partial charge on any atom is 0.148 e. The number of hydrogen-bond donors (Lipinski definition) is 2. The summed E-state index contributed by atoms with van der Waals surface area (Å²) in [6.45, 7) is 2.39. The van der Waals surface area contributed by atoms with Crippen LogP contribution in [-0.2, 0) is 0 Å². The topological polar surface area (TPSA) is 49.8 Å². The summed E-state index contributed by atoms with van der Waals surface area (Å²) in [5, 5.41) is 15.2. The maximum absolute atomic E-state index is 4.15. The van der Waals surface area contributed by atoms with Gasteiger partial charge in [-0.2, -0.15) is 0 Å². The molecule has 16 heavy (non-hydrogen) atoms. The fourth-order valence-corrected chi connectivity index (χ4v) is 3.17. The summed E-state index contributed by atoms with van der Waals surface area (Å²) in [7, 11) is 0. The van der Waals surface area contributed by atoms with E-state index in [1.807, 2.05) is 12.1 Å². The van der Waals surface area contributed by atoms with Crippen LogP contribution in [0.1, 0.15) is 12.8 Å². The third-order valence-electron chi connectivity index (χ3n) is 3.64. The van der Waals surface area contributed by atoms with Crippen LogP contribution < -0.4 is 10.6 Å². The fraction of sp³-hybridized carbons (Fsp3) is 0.636. The molecule has 1 aliphatic heterocycles. The summed E-state index contributed by atoms with van der Waals surface area (Å²) in [6, 6.07) is 4.60. The van der Waals surface area contributed by atoms with Gasteiger partial charge in [-0.1, -0.05) is 0 Å². The molecule has 2 heterocycles. The van der Waals surface area contributed by atoms with Crippen molar-refractivity contribution in [1.29, 1.82) is 0 Å². The molecule has 1 unspecified atom stereocenters. The van der Waals surface area contributed by atoms with Gasteiger partial charge in [0.15, 0.2) is 0 Å². The Morgan fingerprint density at radius 3 is 2.56 bits per heavy atom. The summed E-state index contributed by atoms with van der Waals surface area (Å²) >= 11 is 2.17. The molecule has 0 bridgehead atoms. The number of hydrogen-bond acceptors (Lipinski definition) is 4. The highest BCUT2D eigenvalue weighted by Crippen LogP contribution is 2.35. The molecule has 1 aromatic heterocycles. The normalized spacial score (nSPS) is 32.7. The molecular formula is C11H15IN4. The van der Waals surface area contributed by atoms with E-state index in [4.69, 9.17) is 0 Å². The van der Waals surface area contributed by atoms with E-state index in [0.717, 1.165) is 21.4 Å². The van der Waals surface area contributed by atoms with Crippen molar-refractivity contribution in [3.8, 4) is 0 Å². The smallest absolute Gasteiger partial charge is 0.148 e. The molecule has 0 radical (unpaired) electrons. The molecule has 1 aliphatic carbocycles. The van der Waals surface area contributed by atoms with E-state index in [9.17, 15) is 0 Å². The van der Waals surface area contributed by atoms with Crippen LogP contribution in [0.5, 0.6) is 0 Å². The molecule has 2 N–H and O–H groups in total. The molecule has 3 atom stereocenters. The van der Waals surface area contributed by atoms with Gasteiger partial charge in [0.05, 0.1) is 0 Å². The minimum atomic E-state index is 0.589. The molecular weight excluding hydrogens is 315 g/mol. The van der Waals surface area contributed by atoms with E-state index in [-0.39, 0.29) is 0 Å². The molecule has 86 valence electrons. The average Bonchev–Trinajstić information content (AvgIpc) is 2.81. The quantitative estimate of drug-likeness (QED) is 0.807. The van der Waals surface area contributed by atoms with Crippen LogP contribution in [0.2, 0.25) is 0 Å². The number of nitrogens with zero attached hydrogens (tertiary/aromatic N) is 2. The molecule has 0 amide bonds. The van der Waals surface area contributed by atoms with Crippen LogP contribution in [0.25, 0.3) is 0 Å². The Morgan fingerprint density at radius 1 is 1.19 bits per heavy atom. The van der Waals surface area contributed by atoms with E-state index >= 15 is 0 Å². The highest BCUT2D eigenvalue weighted by molar-refractivity contribution is 14.1. The van der Waals surface area contributed by atoms with Crippen molar-refractivity contribution in [3.05, 3.63) is 15.8 Å². The van der Waals surface area contributed by atoms with E-state index in [1.54, 1.807) is 0 Å². The lowest BCUT2D eigenvalue weighted by Crippen LogP contribution is -2.21. The SMILES string of the molecule is Ic1ccc(N[C@H]2CC3CNC[C@H]3C2)nn1. The summed E-state index contributed by atoms with van der Waals surface area (Å²) in [5.41, 5.74) is 0. The molecule has 3 rings (SSSR count). The van der Waals surface area contributed by atoms with Gasteiger partial charge in [0.1, 0.15) is 9.52 Å². The molecule has 0 aromatic carbocycles. The zero-order chi connectivity index (χ0) is 11.0. The Bertz CT molecular complexity index is 355. The Kier molecular flexibility index (Phi) is 2.97. The van der Waals surface area contributed by atoms with E-state index in [2.05, 4.69) is 43.4 Å². The van der Waals surface area contributed by atoms with Gasteiger partial charge < -0.3 is 10.6 Å². The van der Waals surface area contributed by atoms with Crippen molar-refractivity contribution in [3.63, 3.8) is 0 Å². The minimum absolute atomic E-state index is 0.589. The third-order valence-corrected chi connectivity index (χ3v) is 4.21. The van der Waals surface area contributed by atoms with Crippen LogP contribution in [0, 0.1) is 15.5 Å². The van der Waals surface area contributed by atoms with Crippen molar-refractivity contribution in [2.75, 3.05) is 18.4 Å². The summed E-state index contributed by atoms with van der Waals surface area (Å²) < 4.78 is 0.940. The number of anilines is 1. The zero-order valence-corrected chi connectivity index (χ0v) is 11.1. The van der Waals surface area contributed by atoms with Gasteiger partial charge in [0.25, 0.3) is 0 Å². The van der Waals surface area contributed by atoms with Crippen molar-refractivity contribution in [1.82, 2.24) is 15.5 Å². The highest BCUT2D eigenvalue weighted by Gasteiger charge is 2.37. The predicted octanol–water partition coefficient (Wildman–Crippen LogP) is 1.49. The lowest BCUT2D eigenvalue weighted by molar-refractivity contribution is 0.494. The van der Waals surface area contributed by atoms with Crippen LogP contribution in [0.3, 0.4) is 0 Å². The van der Waals surface area contributed by atoms with Crippen molar-refractivity contribution in [2.45, 2.75) is 18.9 Å². The molecule has 2 aliphatic rings. The van der Waals surface area contributed by atoms with E-state index < -0.39 is 0 Å². The maximum atomic E-state index is 4.15. The van der Waals surface area contributed by atoms with E-state index in [0.29, 0.717) is 6.04 Å². The largest absolute Gasteiger partial charge is 0.366 e. The minimum Gasteiger partial charge on any atom is -0.366 e. The second-order valence-electron chi connectivity index (χ2n) is 4.73. The first-order valence-electron chi connectivity index (χ1n) is 5.78. The number of nitrogens with one attached hydrogen (secondary N) is 2. The standard InChI is InChI=1S/C11H15IN4/c12-10-1-2-11(16-15-10)14-9-3-7-5-13-6-8(7)4-9/h1-2,7-9,13H,3-6H2,(H,14,16)/t7-,8?,9-/m1/s1. The Morgan fingerprint density at radius 2 is 1.94 bits per heavy atom. The summed E-state index contributed by atoms with van der Waals surface area (Å²) in [4.78, 5) is 0. The van der Waals surface area contributed by atoms with Crippen molar-refractivity contribution >= 4 is 28.4 Å². The molecule has 1 saturated heterocycles. The second kappa shape index (κ2) is 4.44. The van der Waals surface area contributed by atoms with Crippen LogP contribution in [0.4, 0.5) is 5.82 Å². The Hall–Kier alpha value is -0.430. The molecule has 1 saturated carbocycles. The summed E-state index contributed by atoms with van der Waals surface area (Å²) in [5.74, 6) is 2.65. The van der Waals surface area contributed by atoms with Gasteiger partial charge in [0, 0.05) is 6.04 Å². The zero-order valence-electron chi connectivity index (χ0n) is 8.99. The van der Waals surface area contributed by atoms with Crippen LogP contribution in [0.15, 0.2) is 12.1 Å². The molecule has 5 heteroatoms. The highest BCUT2D eigenvalue weighted by atomic mass is 127. The Labute approximate surface area is 109 Å². The average molecular weight is 330 g/mol. The van der Waals surface area contributed by atoms with Gasteiger partial charge >= 0.3 is 0 Å². The summed E-state index contributed by atoms with van der Waals surface area (Å²) in [6.07, 6.45) is 2.54. The van der Waals surface area contributed by atoms with Gasteiger partial charge in [-0.3, -0.25) is 0 Å². The lowest BCUT2D eigenvalue weighted by atomic mass is 10.0. The number of rotatable bonds is 2. The van der Waals surface area contributed by atoms with Gasteiger partial charge in [-0.25, -0.2) is 0 Å². The second-order valence-corrected chi connectivity index (χ2v) is 5.84. The number of halogens is 1. The number of fused-ring (bicyclic) bond motifs is 1. The van der Waals surface area contributed by atoms with Gasteiger partial charge in [-0.05, 0) is 72.5 Å². The predicted molar refractivity (Wildman–Crippen MR) is 71.2 cm³/mol. The molecule has 1 aromatic rings. The monoisotopic (exact) mass is 330 g/mol. The lowest BCUT2D eigenvalue weighted by Gasteiger charge is -2.13. The van der Waals surface area contributed by atoms with Crippen LogP contribution in [-0.4, -0.2) is 29.3 Å². The number of aromatic nitrogens is 2. The third kappa shape index (κ3) is 2.15. The molecule has 0 spiro atoms. The van der Waals surface area contributed by atoms with Crippen LogP contribution >= 0.6 is 22.6 Å². The first-order chi connectivity index (χ1) is 7.81. The fourth-order valence-electron chi connectivity index (χ4n) is 2.89. The van der Waals surface area contributed by atoms with Crippen molar-refractivity contribution in [2.24, 2.45) is 11.8 Å².